The second-order valence-electron chi connectivity index (χ2n) is 6.63. The number of nitrogens with two attached hydrogens (primary N) is 1. The van der Waals surface area contributed by atoms with Gasteiger partial charge in [-0.25, -0.2) is 0 Å². The maximum absolute atomic E-state index is 6.53. The Hall–Kier alpha value is -2.07. The van der Waals surface area contributed by atoms with Crippen LogP contribution in [0.3, 0.4) is 0 Å². The summed E-state index contributed by atoms with van der Waals surface area (Å²) in [5.41, 5.74) is 8.67. The van der Waals surface area contributed by atoms with Crippen LogP contribution in [-0.4, -0.2) is 30.1 Å². The predicted octanol–water partition coefficient (Wildman–Crippen LogP) is 3.88. The molecular formula is C20H27N3O. The molecule has 0 spiro atoms. The van der Waals surface area contributed by atoms with E-state index in [1.165, 1.54) is 24.8 Å². The van der Waals surface area contributed by atoms with Crippen molar-refractivity contribution in [2.75, 3.05) is 20.2 Å². The molecule has 1 fully saturated rings. The van der Waals surface area contributed by atoms with Crippen LogP contribution in [0.5, 0.6) is 5.75 Å². The Balaban J connectivity index is 1.67. The summed E-state index contributed by atoms with van der Waals surface area (Å²) in [7, 11) is 1.69. The lowest BCUT2D eigenvalue weighted by molar-refractivity contribution is 0.230. The van der Waals surface area contributed by atoms with Crippen molar-refractivity contribution >= 4 is 10.9 Å². The third kappa shape index (κ3) is 3.70. The lowest BCUT2D eigenvalue weighted by Gasteiger charge is -2.31. The monoisotopic (exact) mass is 325 g/mol. The molecule has 0 bridgehead atoms. The fourth-order valence-corrected chi connectivity index (χ4v) is 3.59. The summed E-state index contributed by atoms with van der Waals surface area (Å²) in [4.78, 5) is 6.75. The molecule has 2 N–H and O–H groups in total. The van der Waals surface area contributed by atoms with Gasteiger partial charge in [-0.3, -0.25) is 4.98 Å². The van der Waals surface area contributed by atoms with Gasteiger partial charge in [0, 0.05) is 30.7 Å². The van der Waals surface area contributed by atoms with E-state index >= 15 is 0 Å². The molecule has 1 saturated heterocycles. The van der Waals surface area contributed by atoms with Gasteiger partial charge in [-0.2, -0.15) is 0 Å². The second-order valence-corrected chi connectivity index (χ2v) is 6.63. The molecule has 2 heterocycles. The van der Waals surface area contributed by atoms with Crippen LogP contribution in [0.1, 0.15) is 37.3 Å². The van der Waals surface area contributed by atoms with E-state index in [0.29, 0.717) is 0 Å². The molecule has 1 aliphatic rings. The Morgan fingerprint density at radius 3 is 2.88 bits per heavy atom. The van der Waals surface area contributed by atoms with E-state index in [4.69, 9.17) is 10.5 Å². The van der Waals surface area contributed by atoms with Gasteiger partial charge in [-0.1, -0.05) is 6.58 Å². The molecule has 24 heavy (non-hydrogen) atoms. The number of piperidine rings is 1. The maximum atomic E-state index is 6.53. The minimum atomic E-state index is 0.0417. The van der Waals surface area contributed by atoms with Crippen LogP contribution in [0.25, 0.3) is 10.9 Å². The SMILES string of the molecule is C=CN1CCC(CC[C@H](N)c2ccnc3ccc(OC)cc23)CC1. The van der Waals surface area contributed by atoms with Gasteiger partial charge in [0.1, 0.15) is 5.75 Å². The first kappa shape index (κ1) is 16.8. The van der Waals surface area contributed by atoms with Gasteiger partial charge >= 0.3 is 0 Å². The first-order valence-electron chi connectivity index (χ1n) is 8.76. The number of hydrogen-bond acceptors (Lipinski definition) is 4. The fraction of sp³-hybridized carbons (Fsp3) is 0.450. The number of benzene rings is 1. The van der Waals surface area contributed by atoms with Crippen molar-refractivity contribution in [2.45, 2.75) is 31.7 Å². The van der Waals surface area contributed by atoms with Gasteiger partial charge in [-0.05, 0) is 67.6 Å². The summed E-state index contributed by atoms with van der Waals surface area (Å²) in [6.45, 7) is 6.10. The molecule has 2 aromatic rings. The van der Waals surface area contributed by atoms with E-state index in [0.717, 1.165) is 42.1 Å². The number of aromatic nitrogens is 1. The fourth-order valence-electron chi connectivity index (χ4n) is 3.59. The van der Waals surface area contributed by atoms with Crippen LogP contribution in [0.2, 0.25) is 0 Å². The number of likely N-dealkylation sites (tertiary alicyclic amines) is 1. The molecule has 128 valence electrons. The normalized spacial score (nSPS) is 17.0. The molecular weight excluding hydrogens is 298 g/mol. The predicted molar refractivity (Wildman–Crippen MR) is 99.0 cm³/mol. The molecule has 0 unspecified atom stereocenters. The average Bonchev–Trinajstić information content (AvgIpc) is 2.65. The molecule has 4 nitrogen and oxygen atoms in total. The Morgan fingerprint density at radius 2 is 2.17 bits per heavy atom. The zero-order valence-electron chi connectivity index (χ0n) is 14.4. The van der Waals surface area contributed by atoms with E-state index in [-0.39, 0.29) is 6.04 Å². The zero-order valence-corrected chi connectivity index (χ0v) is 14.4. The largest absolute Gasteiger partial charge is 0.497 e. The number of ether oxygens (including phenoxy) is 1. The van der Waals surface area contributed by atoms with Crippen LogP contribution in [-0.2, 0) is 0 Å². The van der Waals surface area contributed by atoms with Gasteiger partial charge in [0.05, 0.1) is 12.6 Å². The van der Waals surface area contributed by atoms with Gasteiger partial charge in [0.2, 0.25) is 0 Å². The molecule has 0 radical (unpaired) electrons. The third-order valence-corrected chi connectivity index (χ3v) is 5.18. The number of nitrogens with zero attached hydrogens (tertiary/aromatic N) is 2. The summed E-state index contributed by atoms with van der Waals surface area (Å²) in [6.07, 6.45) is 8.48. The van der Waals surface area contributed by atoms with E-state index in [1.54, 1.807) is 7.11 Å². The molecule has 0 amide bonds. The topological polar surface area (TPSA) is 51.4 Å². The van der Waals surface area contributed by atoms with Crippen LogP contribution >= 0.6 is 0 Å². The number of pyridine rings is 1. The van der Waals surface area contributed by atoms with E-state index in [9.17, 15) is 0 Å². The highest BCUT2D eigenvalue weighted by Gasteiger charge is 2.19. The molecule has 0 aliphatic carbocycles. The number of hydrogen-bond donors (Lipinski definition) is 1. The van der Waals surface area contributed by atoms with Gasteiger partial charge in [-0.15, -0.1) is 0 Å². The number of rotatable bonds is 6. The molecule has 0 saturated carbocycles. The average molecular weight is 325 g/mol. The Kier molecular flexibility index (Phi) is 5.36. The summed E-state index contributed by atoms with van der Waals surface area (Å²) in [5.74, 6) is 1.62. The highest BCUT2D eigenvalue weighted by Crippen LogP contribution is 2.30. The van der Waals surface area contributed by atoms with Gasteiger partial charge in [0.15, 0.2) is 0 Å². The smallest absolute Gasteiger partial charge is 0.119 e. The minimum absolute atomic E-state index is 0.0417. The van der Waals surface area contributed by atoms with Crippen molar-refractivity contribution in [3.8, 4) is 5.75 Å². The van der Waals surface area contributed by atoms with Crippen LogP contribution in [0.4, 0.5) is 0 Å². The first-order valence-corrected chi connectivity index (χ1v) is 8.76. The van der Waals surface area contributed by atoms with Crippen molar-refractivity contribution in [1.29, 1.82) is 0 Å². The summed E-state index contributed by atoms with van der Waals surface area (Å²) >= 11 is 0. The molecule has 1 aliphatic heterocycles. The van der Waals surface area contributed by atoms with Crippen LogP contribution in [0.15, 0.2) is 43.2 Å². The van der Waals surface area contributed by atoms with E-state index in [2.05, 4.69) is 16.5 Å². The Labute approximate surface area is 144 Å². The lowest BCUT2D eigenvalue weighted by Crippen LogP contribution is -2.29. The Bertz CT molecular complexity index is 692. The highest BCUT2D eigenvalue weighted by atomic mass is 16.5. The molecule has 4 heteroatoms. The zero-order chi connectivity index (χ0) is 16.9. The van der Waals surface area contributed by atoms with Crippen molar-refractivity contribution < 1.29 is 4.74 Å². The lowest BCUT2D eigenvalue weighted by atomic mass is 9.89. The van der Waals surface area contributed by atoms with Crippen LogP contribution in [0, 0.1) is 5.92 Å². The third-order valence-electron chi connectivity index (χ3n) is 5.18. The number of fused-ring (bicyclic) bond motifs is 1. The van der Waals surface area contributed by atoms with Crippen molar-refractivity contribution in [1.82, 2.24) is 9.88 Å². The van der Waals surface area contributed by atoms with Crippen molar-refractivity contribution in [3.05, 3.63) is 48.8 Å². The van der Waals surface area contributed by atoms with Crippen molar-refractivity contribution in [3.63, 3.8) is 0 Å². The van der Waals surface area contributed by atoms with E-state index in [1.807, 2.05) is 36.7 Å². The summed E-state index contributed by atoms with van der Waals surface area (Å²) < 4.78 is 5.35. The Morgan fingerprint density at radius 1 is 1.38 bits per heavy atom. The quantitative estimate of drug-likeness (QED) is 0.876. The number of methoxy groups -OCH3 is 1. The summed E-state index contributed by atoms with van der Waals surface area (Å²) in [6, 6.07) is 8.07. The van der Waals surface area contributed by atoms with Crippen LogP contribution < -0.4 is 10.5 Å². The minimum Gasteiger partial charge on any atom is -0.497 e. The molecule has 1 atom stereocenters. The van der Waals surface area contributed by atoms with Gasteiger partial charge in [0.25, 0.3) is 0 Å². The molecule has 1 aromatic carbocycles. The summed E-state index contributed by atoms with van der Waals surface area (Å²) in [5, 5.41) is 1.10. The van der Waals surface area contributed by atoms with Crippen molar-refractivity contribution in [2.24, 2.45) is 11.7 Å². The molecule has 3 rings (SSSR count). The maximum Gasteiger partial charge on any atom is 0.119 e. The second kappa shape index (κ2) is 7.67. The van der Waals surface area contributed by atoms with E-state index < -0.39 is 0 Å². The standard InChI is InChI=1S/C20H27N3O/c1-3-23-12-9-15(10-13-23)4-6-19(21)17-8-11-22-20-7-5-16(24-2)14-18(17)20/h3,5,7-8,11,14-15,19H,1,4,6,9-10,12-13,21H2,2H3/t19-/m0/s1. The first-order chi connectivity index (χ1) is 11.7. The van der Waals surface area contributed by atoms with Gasteiger partial charge < -0.3 is 15.4 Å². The molecule has 1 aromatic heterocycles. The highest BCUT2D eigenvalue weighted by molar-refractivity contribution is 5.83.